The molecule has 8 heteroatoms. The first-order chi connectivity index (χ1) is 14.9. The van der Waals surface area contributed by atoms with E-state index in [0.29, 0.717) is 18.5 Å². The van der Waals surface area contributed by atoms with Crippen LogP contribution in [0.25, 0.3) is 5.65 Å². The Morgan fingerprint density at radius 3 is 2.65 bits per heavy atom. The summed E-state index contributed by atoms with van der Waals surface area (Å²) in [7, 11) is 1.65. The molecule has 1 aliphatic heterocycles. The van der Waals surface area contributed by atoms with E-state index in [-0.39, 0.29) is 17.6 Å². The molecule has 1 aliphatic rings. The molecule has 4 rings (SSSR count). The van der Waals surface area contributed by atoms with Crippen LogP contribution in [0.1, 0.15) is 58.3 Å². The third-order valence-electron chi connectivity index (χ3n) is 6.15. The third-order valence-corrected chi connectivity index (χ3v) is 6.15. The fourth-order valence-corrected chi connectivity index (χ4v) is 4.48. The average Bonchev–Trinajstić information content (AvgIpc) is 3.41. The molecule has 2 N–H and O–H groups in total. The van der Waals surface area contributed by atoms with Crippen LogP contribution in [-0.2, 0) is 11.2 Å². The first-order valence-corrected chi connectivity index (χ1v) is 10.5. The summed E-state index contributed by atoms with van der Waals surface area (Å²) in [5.74, 6) is 0.350. The highest BCUT2D eigenvalue weighted by molar-refractivity contribution is 5.96. The van der Waals surface area contributed by atoms with Crippen LogP contribution in [0.15, 0.2) is 30.6 Å². The predicted molar refractivity (Wildman–Crippen MR) is 116 cm³/mol. The maximum atomic E-state index is 13.1. The van der Waals surface area contributed by atoms with Gasteiger partial charge in [0.1, 0.15) is 12.1 Å². The number of methoxy groups -OCH3 is 1. The number of amides is 2. The summed E-state index contributed by atoms with van der Waals surface area (Å²) in [6.07, 6.45) is 4.50. The molecule has 8 nitrogen and oxygen atoms in total. The largest absolute Gasteiger partial charge is 0.497 e. The van der Waals surface area contributed by atoms with Crippen molar-refractivity contribution < 1.29 is 14.3 Å². The van der Waals surface area contributed by atoms with Gasteiger partial charge in [0.2, 0.25) is 5.91 Å². The minimum absolute atomic E-state index is 0.105. The van der Waals surface area contributed by atoms with Crippen LogP contribution < -0.4 is 10.5 Å². The van der Waals surface area contributed by atoms with Crippen molar-refractivity contribution in [1.82, 2.24) is 19.3 Å². The van der Waals surface area contributed by atoms with Crippen LogP contribution >= 0.6 is 0 Å². The maximum Gasteiger partial charge on any atom is 0.271 e. The molecule has 2 aromatic heterocycles. The van der Waals surface area contributed by atoms with Crippen LogP contribution in [0.4, 0.5) is 0 Å². The number of nitrogens with zero attached hydrogens (tertiary/aromatic N) is 4. The molecular formula is C23H27N5O3. The number of nitrogens with two attached hydrogens (primary N) is 1. The fourth-order valence-electron chi connectivity index (χ4n) is 4.48. The van der Waals surface area contributed by atoms with Crippen molar-refractivity contribution in [2.45, 2.75) is 45.6 Å². The zero-order valence-electron chi connectivity index (χ0n) is 18.1. The highest BCUT2D eigenvalue weighted by Crippen LogP contribution is 2.33. The monoisotopic (exact) mass is 421 g/mol. The zero-order valence-corrected chi connectivity index (χ0v) is 18.1. The van der Waals surface area contributed by atoms with Gasteiger partial charge in [0.25, 0.3) is 5.91 Å². The molecule has 0 saturated carbocycles. The van der Waals surface area contributed by atoms with Gasteiger partial charge < -0.3 is 15.4 Å². The molecule has 1 fully saturated rings. The first kappa shape index (κ1) is 20.8. The molecule has 0 aliphatic carbocycles. The van der Waals surface area contributed by atoms with Crippen molar-refractivity contribution in [3.8, 4) is 5.75 Å². The third kappa shape index (κ3) is 3.85. The van der Waals surface area contributed by atoms with Crippen molar-refractivity contribution >= 4 is 17.5 Å². The van der Waals surface area contributed by atoms with Crippen LogP contribution in [-0.4, -0.2) is 44.7 Å². The summed E-state index contributed by atoms with van der Waals surface area (Å²) in [5, 5.41) is 0. The molecule has 3 aromatic rings. The number of carbonyl (C=O) groups is 2. The number of fused-ring (bicyclic) bond motifs is 1. The van der Waals surface area contributed by atoms with Gasteiger partial charge in [0, 0.05) is 24.4 Å². The van der Waals surface area contributed by atoms with E-state index in [1.54, 1.807) is 17.8 Å². The van der Waals surface area contributed by atoms with E-state index in [1.807, 2.05) is 43.0 Å². The van der Waals surface area contributed by atoms with Gasteiger partial charge in [0.05, 0.1) is 13.2 Å². The Kier molecular flexibility index (Phi) is 5.63. The van der Waals surface area contributed by atoms with Gasteiger partial charge in [-0.25, -0.2) is 9.97 Å². The smallest absolute Gasteiger partial charge is 0.271 e. The van der Waals surface area contributed by atoms with E-state index < -0.39 is 5.91 Å². The summed E-state index contributed by atoms with van der Waals surface area (Å²) in [5.41, 5.74) is 9.85. The highest BCUT2D eigenvalue weighted by atomic mass is 16.5. The topological polar surface area (TPSA) is 103 Å². The van der Waals surface area contributed by atoms with Crippen molar-refractivity contribution in [2.75, 3.05) is 13.7 Å². The number of ether oxygens (including phenoxy) is 1. The lowest BCUT2D eigenvalue weighted by molar-refractivity contribution is -0.132. The SMILES string of the molecule is COc1ccc([C@H]2CCCN2C(=O)CCc2c(C)nc3c(C(N)=O)ncn3c2C)cc1. The number of carbonyl (C=O) groups excluding carboxylic acids is 2. The van der Waals surface area contributed by atoms with E-state index in [9.17, 15) is 9.59 Å². The number of hydrogen-bond donors (Lipinski definition) is 1. The number of aryl methyl sites for hydroxylation is 2. The Bertz CT molecular complexity index is 1140. The van der Waals surface area contributed by atoms with E-state index in [1.165, 1.54) is 0 Å². The van der Waals surface area contributed by atoms with Gasteiger partial charge in [-0.1, -0.05) is 12.1 Å². The number of imidazole rings is 1. The van der Waals surface area contributed by atoms with Gasteiger partial charge >= 0.3 is 0 Å². The predicted octanol–water partition coefficient (Wildman–Crippen LogP) is 2.75. The Morgan fingerprint density at radius 1 is 1.23 bits per heavy atom. The molecule has 0 bridgehead atoms. The number of likely N-dealkylation sites (tertiary alicyclic amines) is 1. The second kappa shape index (κ2) is 8.37. The number of primary amides is 1. The molecule has 0 spiro atoms. The zero-order chi connectivity index (χ0) is 22.1. The second-order valence-corrected chi connectivity index (χ2v) is 7.93. The molecule has 1 saturated heterocycles. The molecule has 2 amide bonds. The van der Waals surface area contributed by atoms with E-state index in [2.05, 4.69) is 9.97 Å². The number of benzene rings is 1. The minimum Gasteiger partial charge on any atom is -0.497 e. The normalized spacial score (nSPS) is 16.1. The van der Waals surface area contributed by atoms with E-state index in [0.717, 1.165) is 47.7 Å². The number of hydrogen-bond acceptors (Lipinski definition) is 5. The molecule has 1 aromatic carbocycles. The molecule has 0 unspecified atom stereocenters. The van der Waals surface area contributed by atoms with Gasteiger partial charge in [-0.2, -0.15) is 0 Å². The number of aromatic nitrogens is 3. The van der Waals surface area contributed by atoms with E-state index >= 15 is 0 Å². The summed E-state index contributed by atoms with van der Waals surface area (Å²) in [6.45, 7) is 4.61. The molecule has 31 heavy (non-hydrogen) atoms. The minimum atomic E-state index is -0.602. The lowest BCUT2D eigenvalue weighted by Crippen LogP contribution is -2.30. The Labute approximate surface area is 181 Å². The summed E-state index contributed by atoms with van der Waals surface area (Å²) in [4.78, 5) is 35.3. The van der Waals surface area contributed by atoms with E-state index in [4.69, 9.17) is 10.5 Å². The quantitative estimate of drug-likeness (QED) is 0.659. The lowest BCUT2D eigenvalue weighted by Gasteiger charge is -2.25. The summed E-state index contributed by atoms with van der Waals surface area (Å²) < 4.78 is 7.01. The summed E-state index contributed by atoms with van der Waals surface area (Å²) in [6, 6.07) is 8.06. The standard InChI is InChI=1S/C23H27N5O3/c1-14-18(15(2)28-13-25-21(22(24)30)23(28)26-14)10-11-20(29)27-12-4-5-19(27)16-6-8-17(31-3)9-7-16/h6-9,13,19H,4-5,10-12H2,1-3H3,(H2,24,30)/t19-/m1/s1. The number of rotatable bonds is 6. The Balaban J connectivity index is 1.51. The van der Waals surface area contributed by atoms with Gasteiger partial charge in [0.15, 0.2) is 11.3 Å². The van der Waals surface area contributed by atoms with Crippen LogP contribution in [0, 0.1) is 13.8 Å². The molecule has 162 valence electrons. The Morgan fingerprint density at radius 2 is 1.97 bits per heavy atom. The molecule has 1 atom stereocenters. The van der Waals surface area contributed by atoms with Crippen LogP contribution in [0.5, 0.6) is 5.75 Å². The molecular weight excluding hydrogens is 394 g/mol. The Hall–Kier alpha value is -3.42. The van der Waals surface area contributed by atoms with Crippen molar-refractivity contribution in [3.63, 3.8) is 0 Å². The van der Waals surface area contributed by atoms with Crippen LogP contribution in [0.2, 0.25) is 0 Å². The van der Waals surface area contributed by atoms with Gasteiger partial charge in [-0.3, -0.25) is 14.0 Å². The molecule has 0 radical (unpaired) electrons. The van der Waals surface area contributed by atoms with Crippen LogP contribution in [0.3, 0.4) is 0 Å². The van der Waals surface area contributed by atoms with Gasteiger partial charge in [-0.05, 0) is 56.4 Å². The molecule has 3 heterocycles. The van der Waals surface area contributed by atoms with Crippen molar-refractivity contribution in [3.05, 3.63) is 58.8 Å². The lowest BCUT2D eigenvalue weighted by atomic mass is 10.0. The average molecular weight is 422 g/mol. The highest BCUT2D eigenvalue weighted by Gasteiger charge is 2.30. The summed E-state index contributed by atoms with van der Waals surface area (Å²) >= 11 is 0. The van der Waals surface area contributed by atoms with Crippen molar-refractivity contribution in [2.24, 2.45) is 5.73 Å². The van der Waals surface area contributed by atoms with Gasteiger partial charge in [-0.15, -0.1) is 0 Å². The first-order valence-electron chi connectivity index (χ1n) is 10.5. The maximum absolute atomic E-state index is 13.1. The fraction of sp³-hybridized carbons (Fsp3) is 0.391. The van der Waals surface area contributed by atoms with Crippen molar-refractivity contribution in [1.29, 1.82) is 0 Å². The second-order valence-electron chi connectivity index (χ2n) is 7.93.